The zero-order chi connectivity index (χ0) is 22.7. The highest BCUT2D eigenvalue weighted by Crippen LogP contribution is 2.38. The summed E-state index contributed by atoms with van der Waals surface area (Å²) in [5, 5.41) is 5.97. The highest BCUT2D eigenvalue weighted by molar-refractivity contribution is 6.09. The van der Waals surface area contributed by atoms with Crippen LogP contribution in [0.15, 0.2) is 48.7 Å². The van der Waals surface area contributed by atoms with E-state index in [1.54, 1.807) is 18.3 Å². The lowest BCUT2D eigenvalue weighted by Gasteiger charge is -2.26. The number of pyridine rings is 1. The molecule has 164 valence electrons. The molecule has 8 nitrogen and oxygen atoms in total. The van der Waals surface area contributed by atoms with Gasteiger partial charge in [0.25, 0.3) is 0 Å². The van der Waals surface area contributed by atoms with E-state index in [1.165, 1.54) is 11.8 Å². The number of benzene rings is 1. The number of aromatic nitrogens is 2. The number of rotatable bonds is 6. The van der Waals surface area contributed by atoms with E-state index in [1.807, 2.05) is 30.3 Å². The van der Waals surface area contributed by atoms with Gasteiger partial charge in [-0.1, -0.05) is 18.2 Å². The van der Waals surface area contributed by atoms with Gasteiger partial charge in [0.05, 0.1) is 43.1 Å². The molecular weight excluding hydrogens is 413 g/mol. The molecule has 3 heterocycles. The second-order valence-electron chi connectivity index (χ2n) is 7.44. The van der Waals surface area contributed by atoms with Crippen molar-refractivity contribution in [1.29, 1.82) is 0 Å². The number of fused-ring (bicyclic) bond motifs is 1. The van der Waals surface area contributed by atoms with E-state index in [0.717, 1.165) is 5.69 Å². The van der Waals surface area contributed by atoms with E-state index < -0.39 is 12.6 Å². The Kier molecular flexibility index (Phi) is 5.98. The average molecular weight is 435 g/mol. The molecule has 0 saturated heterocycles. The van der Waals surface area contributed by atoms with Crippen LogP contribution in [0.1, 0.15) is 29.4 Å². The molecule has 1 aliphatic heterocycles. The summed E-state index contributed by atoms with van der Waals surface area (Å²) in [5.41, 5.74) is 3.72. The number of carbonyl (C=O) groups excluding carboxylic acids is 3. The molecule has 0 atom stereocenters. The van der Waals surface area contributed by atoms with Crippen molar-refractivity contribution in [3.8, 4) is 11.3 Å². The third-order valence-electron chi connectivity index (χ3n) is 5.10. The van der Waals surface area contributed by atoms with Crippen LogP contribution in [0.5, 0.6) is 0 Å². The van der Waals surface area contributed by atoms with Gasteiger partial charge in [-0.15, -0.1) is 0 Å². The minimum atomic E-state index is -0.768. The number of amides is 2. The molecule has 0 spiro atoms. The van der Waals surface area contributed by atoms with Crippen molar-refractivity contribution >= 4 is 34.8 Å². The number of nitrogens with one attached hydrogen (secondary N) is 3. The number of carbonyl (C=O) groups is 3. The van der Waals surface area contributed by atoms with Gasteiger partial charge in [0.1, 0.15) is 5.82 Å². The van der Waals surface area contributed by atoms with Crippen LogP contribution in [-0.4, -0.2) is 45.7 Å². The predicted molar refractivity (Wildman–Crippen MR) is 118 cm³/mol. The smallest absolute Gasteiger partial charge is 0.225 e. The van der Waals surface area contributed by atoms with Gasteiger partial charge in [0.15, 0.2) is 5.78 Å². The van der Waals surface area contributed by atoms with Crippen LogP contribution >= 0.6 is 0 Å². The lowest BCUT2D eigenvalue weighted by Crippen LogP contribution is -2.39. The first-order valence-corrected chi connectivity index (χ1v) is 10.1. The van der Waals surface area contributed by atoms with Crippen LogP contribution in [-0.2, 0) is 16.1 Å². The van der Waals surface area contributed by atoms with Gasteiger partial charge in [-0.25, -0.2) is 4.98 Å². The number of hydrogen-bond donors (Lipinski definition) is 3. The number of para-hydroxylation sites is 1. The third kappa shape index (κ3) is 4.36. The van der Waals surface area contributed by atoms with Crippen LogP contribution in [0, 0.1) is 0 Å². The first kappa shape index (κ1) is 21.2. The molecule has 1 aliphatic rings. The number of Topliss-reactive ketones (excluding diaryl/α,β-unsaturated/α-hetero) is 1. The van der Waals surface area contributed by atoms with E-state index in [4.69, 9.17) is 0 Å². The molecule has 0 bridgehead atoms. The number of aromatic amines is 1. The Morgan fingerprint density at radius 2 is 1.97 bits per heavy atom. The van der Waals surface area contributed by atoms with Crippen molar-refractivity contribution in [2.24, 2.45) is 0 Å². The minimum Gasteiger partial charge on any atom is -0.355 e. The highest BCUT2D eigenvalue weighted by Gasteiger charge is 2.32. The summed E-state index contributed by atoms with van der Waals surface area (Å²) >= 11 is 0. The van der Waals surface area contributed by atoms with Gasteiger partial charge in [-0.3, -0.25) is 18.8 Å². The topological polar surface area (TPSA) is 107 Å². The number of anilines is 3. The molecule has 0 fully saturated rings. The maximum atomic E-state index is 13.1. The molecule has 4 rings (SSSR count). The van der Waals surface area contributed by atoms with Crippen molar-refractivity contribution in [2.45, 2.75) is 19.9 Å². The van der Waals surface area contributed by atoms with Crippen LogP contribution in [0.2, 0.25) is 0 Å². The summed E-state index contributed by atoms with van der Waals surface area (Å²) in [7, 11) is 0. The average Bonchev–Trinajstić information content (AvgIpc) is 3.13. The van der Waals surface area contributed by atoms with Crippen molar-refractivity contribution in [3.05, 3.63) is 59.9 Å². The summed E-state index contributed by atoms with van der Waals surface area (Å²) in [6, 6.07) is 12.9. The Morgan fingerprint density at radius 1 is 1.19 bits per heavy atom. The summed E-state index contributed by atoms with van der Waals surface area (Å²) in [5.74, 6) is -0.521. The second kappa shape index (κ2) is 9.01. The first-order chi connectivity index (χ1) is 15.5. The van der Waals surface area contributed by atoms with E-state index >= 15 is 0 Å². The van der Waals surface area contributed by atoms with Crippen molar-refractivity contribution in [1.82, 2.24) is 14.9 Å². The van der Waals surface area contributed by atoms with Gasteiger partial charge in [-0.2, -0.15) is 0 Å². The predicted octanol–water partition coefficient (Wildman–Crippen LogP) is 3.66. The van der Waals surface area contributed by atoms with E-state index in [-0.39, 0.29) is 31.2 Å². The van der Waals surface area contributed by atoms with E-state index in [0.29, 0.717) is 34.0 Å². The van der Waals surface area contributed by atoms with Crippen molar-refractivity contribution in [3.63, 3.8) is 0 Å². The minimum absolute atomic E-state index is 0.111. The van der Waals surface area contributed by atoms with Crippen molar-refractivity contribution < 1.29 is 18.8 Å². The maximum Gasteiger partial charge on any atom is 0.225 e. The lowest BCUT2D eigenvalue weighted by molar-refractivity contribution is -0.131. The number of ketones is 1. The Labute approximate surface area is 183 Å². The number of H-pyrrole nitrogens is 1. The molecule has 9 heteroatoms. The Morgan fingerprint density at radius 3 is 2.69 bits per heavy atom. The molecular formula is C23H22FN5O3. The molecule has 2 amide bonds. The molecule has 0 aliphatic carbocycles. The van der Waals surface area contributed by atoms with Crippen LogP contribution < -0.4 is 10.6 Å². The summed E-state index contributed by atoms with van der Waals surface area (Å²) < 4.78 is 12.7. The van der Waals surface area contributed by atoms with Gasteiger partial charge >= 0.3 is 0 Å². The van der Waals surface area contributed by atoms with Gasteiger partial charge in [-0.05, 0) is 24.3 Å². The van der Waals surface area contributed by atoms with Crippen molar-refractivity contribution in [2.75, 3.05) is 23.9 Å². The third-order valence-corrected chi connectivity index (χ3v) is 5.10. The second-order valence-corrected chi connectivity index (χ2v) is 7.44. The Hall–Kier alpha value is -4.01. The molecule has 1 aromatic carbocycles. The molecule has 0 radical (unpaired) electrons. The molecule has 0 unspecified atom stereocenters. The SMILES string of the molecule is CC(=O)Nc1cc(-c2[nH]c3c(c2Nc2ccccc2)C(=O)CN(C(=O)CCF)C3)ccn1. The fourth-order valence-electron chi connectivity index (χ4n) is 3.73. The summed E-state index contributed by atoms with van der Waals surface area (Å²) in [4.78, 5) is 45.5. The zero-order valence-electron chi connectivity index (χ0n) is 17.4. The number of halogens is 1. The Balaban J connectivity index is 1.80. The zero-order valence-corrected chi connectivity index (χ0v) is 17.4. The standard InChI is InChI=1S/C23H22FN5O3/c1-14(30)26-19-11-15(8-10-25-19)22-23(27-16-5-3-2-4-6-16)21-17(28-22)12-29(13-18(21)31)20(32)7-9-24/h2-6,8,10-11,27-28H,7,9,12-13H2,1H3,(H,25,26,30). The lowest BCUT2D eigenvalue weighted by atomic mass is 10.0. The molecule has 3 aromatic rings. The first-order valence-electron chi connectivity index (χ1n) is 10.1. The highest BCUT2D eigenvalue weighted by atomic mass is 19.1. The van der Waals surface area contributed by atoms with Crippen LogP contribution in [0.3, 0.4) is 0 Å². The quantitative estimate of drug-likeness (QED) is 0.548. The molecule has 0 saturated carbocycles. The molecule has 2 aromatic heterocycles. The van der Waals surface area contributed by atoms with Gasteiger partial charge < -0.3 is 20.5 Å². The van der Waals surface area contributed by atoms with Crippen LogP contribution in [0.25, 0.3) is 11.3 Å². The molecule has 3 N–H and O–H groups in total. The number of hydrogen-bond acceptors (Lipinski definition) is 5. The van der Waals surface area contributed by atoms with Gasteiger partial charge in [0, 0.05) is 30.1 Å². The fourth-order valence-corrected chi connectivity index (χ4v) is 3.73. The summed E-state index contributed by atoms with van der Waals surface area (Å²) in [6.07, 6.45) is 1.31. The van der Waals surface area contributed by atoms with E-state index in [9.17, 15) is 18.8 Å². The fraction of sp³-hybridized carbons (Fsp3) is 0.217. The molecule has 32 heavy (non-hydrogen) atoms. The monoisotopic (exact) mass is 435 g/mol. The summed E-state index contributed by atoms with van der Waals surface area (Å²) in [6.45, 7) is 0.689. The van der Waals surface area contributed by atoms with Crippen LogP contribution in [0.4, 0.5) is 21.6 Å². The maximum absolute atomic E-state index is 13.1. The number of nitrogens with zero attached hydrogens (tertiary/aromatic N) is 2. The van der Waals surface area contributed by atoms with E-state index in [2.05, 4.69) is 20.6 Å². The largest absolute Gasteiger partial charge is 0.355 e. The van der Waals surface area contributed by atoms with Gasteiger partial charge in [0.2, 0.25) is 11.8 Å². The number of alkyl halides is 1. The normalized spacial score (nSPS) is 12.9. The Bertz CT molecular complexity index is 1180.